The molecule has 2 N–H and O–H groups in total. The van der Waals surface area contributed by atoms with Crippen molar-refractivity contribution in [2.75, 3.05) is 19.5 Å². The summed E-state index contributed by atoms with van der Waals surface area (Å²) in [5.74, 6) is 0.0299. The highest BCUT2D eigenvalue weighted by Gasteiger charge is 2.39. The number of carbonyl (C=O) groups excluding carboxylic acids is 1. The number of hydrogen-bond acceptors (Lipinski definition) is 3. The lowest BCUT2D eigenvalue weighted by Gasteiger charge is -2.40. The molecule has 1 saturated carbocycles. The van der Waals surface area contributed by atoms with Crippen molar-refractivity contribution in [2.45, 2.75) is 44.2 Å². The standard InChI is InChI=1S/C16H24N2O2/c1-12(17-2)13-7-4-5-8-14(13)18-15(19)11-16(20-3)9-6-10-16/h4-5,7-8,12,17H,6,9-11H2,1-3H3,(H,18,19). The second-order valence-corrected chi connectivity index (χ2v) is 5.56. The van der Waals surface area contributed by atoms with Crippen LogP contribution in [0, 0.1) is 0 Å². The molecule has 1 amide bonds. The monoisotopic (exact) mass is 276 g/mol. The lowest BCUT2D eigenvalue weighted by Crippen LogP contribution is -2.42. The lowest BCUT2D eigenvalue weighted by molar-refractivity contribution is -0.129. The normalized spacial score (nSPS) is 18.1. The van der Waals surface area contributed by atoms with Gasteiger partial charge in [-0.1, -0.05) is 18.2 Å². The summed E-state index contributed by atoms with van der Waals surface area (Å²) in [6.07, 6.45) is 3.54. The summed E-state index contributed by atoms with van der Waals surface area (Å²) in [5, 5.41) is 6.23. The van der Waals surface area contributed by atoms with Crippen molar-refractivity contribution in [3.8, 4) is 0 Å². The fraction of sp³-hybridized carbons (Fsp3) is 0.562. The molecule has 1 fully saturated rings. The highest BCUT2D eigenvalue weighted by Crippen LogP contribution is 2.38. The minimum absolute atomic E-state index is 0.0299. The SMILES string of the molecule is CNC(C)c1ccccc1NC(=O)CC1(OC)CCC1. The molecule has 0 spiro atoms. The van der Waals surface area contributed by atoms with Gasteiger partial charge in [-0.15, -0.1) is 0 Å². The van der Waals surface area contributed by atoms with Crippen molar-refractivity contribution in [1.82, 2.24) is 5.32 Å². The number of carbonyl (C=O) groups is 1. The van der Waals surface area contributed by atoms with Crippen LogP contribution in [0.25, 0.3) is 0 Å². The molecule has 0 radical (unpaired) electrons. The predicted octanol–water partition coefficient (Wildman–Crippen LogP) is 2.86. The van der Waals surface area contributed by atoms with Gasteiger partial charge in [0.1, 0.15) is 0 Å². The maximum absolute atomic E-state index is 12.2. The van der Waals surface area contributed by atoms with E-state index in [0.717, 1.165) is 30.5 Å². The molecule has 0 aliphatic heterocycles. The number of ether oxygens (including phenoxy) is 1. The second-order valence-electron chi connectivity index (χ2n) is 5.56. The van der Waals surface area contributed by atoms with Crippen molar-refractivity contribution in [2.24, 2.45) is 0 Å². The first kappa shape index (κ1) is 15.0. The molecule has 1 aliphatic rings. The van der Waals surface area contributed by atoms with E-state index >= 15 is 0 Å². The Morgan fingerprint density at radius 1 is 1.40 bits per heavy atom. The molecule has 20 heavy (non-hydrogen) atoms. The van der Waals surface area contributed by atoms with Gasteiger partial charge >= 0.3 is 0 Å². The Morgan fingerprint density at radius 3 is 2.65 bits per heavy atom. The maximum Gasteiger partial charge on any atom is 0.227 e. The van der Waals surface area contributed by atoms with Crippen molar-refractivity contribution in [3.05, 3.63) is 29.8 Å². The first-order valence-electron chi connectivity index (χ1n) is 7.21. The highest BCUT2D eigenvalue weighted by molar-refractivity contribution is 5.92. The van der Waals surface area contributed by atoms with Crippen LogP contribution in [0.1, 0.15) is 44.2 Å². The van der Waals surface area contributed by atoms with Gasteiger partial charge in [-0.3, -0.25) is 4.79 Å². The first-order valence-corrected chi connectivity index (χ1v) is 7.21. The minimum Gasteiger partial charge on any atom is -0.378 e. The van der Waals surface area contributed by atoms with E-state index in [-0.39, 0.29) is 17.6 Å². The summed E-state index contributed by atoms with van der Waals surface area (Å²) in [6.45, 7) is 2.08. The third kappa shape index (κ3) is 3.19. The molecule has 2 rings (SSSR count). The van der Waals surface area contributed by atoms with Gasteiger partial charge in [0.25, 0.3) is 0 Å². The fourth-order valence-electron chi connectivity index (χ4n) is 2.66. The summed E-state index contributed by atoms with van der Waals surface area (Å²) in [7, 11) is 3.61. The number of para-hydroxylation sites is 1. The average molecular weight is 276 g/mol. The average Bonchev–Trinajstić information content (AvgIpc) is 2.42. The first-order chi connectivity index (χ1) is 9.60. The molecule has 0 aromatic heterocycles. The van der Waals surface area contributed by atoms with Gasteiger partial charge in [0, 0.05) is 18.8 Å². The molecule has 1 aromatic rings. The topological polar surface area (TPSA) is 50.4 Å². The number of benzene rings is 1. The molecule has 110 valence electrons. The van der Waals surface area contributed by atoms with Gasteiger partial charge in [-0.2, -0.15) is 0 Å². The Bertz CT molecular complexity index is 464. The number of hydrogen-bond donors (Lipinski definition) is 2. The van der Waals surface area contributed by atoms with Crippen LogP contribution in [0.3, 0.4) is 0 Å². The summed E-state index contributed by atoms with van der Waals surface area (Å²) in [5.41, 5.74) is 1.75. The smallest absolute Gasteiger partial charge is 0.227 e. The molecule has 0 saturated heterocycles. The number of anilines is 1. The predicted molar refractivity (Wildman–Crippen MR) is 80.8 cm³/mol. The molecule has 1 aliphatic carbocycles. The largest absolute Gasteiger partial charge is 0.378 e. The van der Waals surface area contributed by atoms with Crippen molar-refractivity contribution in [1.29, 1.82) is 0 Å². The quantitative estimate of drug-likeness (QED) is 0.840. The van der Waals surface area contributed by atoms with E-state index < -0.39 is 0 Å². The van der Waals surface area contributed by atoms with E-state index in [0.29, 0.717) is 6.42 Å². The fourth-order valence-corrected chi connectivity index (χ4v) is 2.66. The van der Waals surface area contributed by atoms with E-state index in [1.165, 1.54) is 0 Å². The molecule has 1 unspecified atom stereocenters. The van der Waals surface area contributed by atoms with Gasteiger partial charge in [-0.05, 0) is 44.9 Å². The van der Waals surface area contributed by atoms with Gasteiger partial charge in [-0.25, -0.2) is 0 Å². The van der Waals surface area contributed by atoms with E-state index in [1.54, 1.807) is 7.11 Å². The zero-order valence-corrected chi connectivity index (χ0v) is 12.5. The third-order valence-electron chi connectivity index (χ3n) is 4.31. The van der Waals surface area contributed by atoms with Crippen molar-refractivity contribution in [3.63, 3.8) is 0 Å². The number of methoxy groups -OCH3 is 1. The summed E-state index contributed by atoms with van der Waals surface area (Å²) < 4.78 is 5.51. The summed E-state index contributed by atoms with van der Waals surface area (Å²) in [4.78, 5) is 12.2. The van der Waals surface area contributed by atoms with Crippen LogP contribution in [-0.4, -0.2) is 25.7 Å². The maximum atomic E-state index is 12.2. The van der Waals surface area contributed by atoms with Crippen LogP contribution >= 0.6 is 0 Å². The van der Waals surface area contributed by atoms with Gasteiger partial charge in [0.05, 0.1) is 12.0 Å². The highest BCUT2D eigenvalue weighted by atomic mass is 16.5. The summed E-state index contributed by atoms with van der Waals surface area (Å²) in [6, 6.07) is 8.11. The Morgan fingerprint density at radius 2 is 2.10 bits per heavy atom. The van der Waals surface area contributed by atoms with Gasteiger partial charge < -0.3 is 15.4 Å². The Kier molecular flexibility index (Phi) is 4.78. The Hall–Kier alpha value is -1.39. The zero-order chi connectivity index (χ0) is 14.6. The molecule has 4 nitrogen and oxygen atoms in total. The minimum atomic E-state index is -0.229. The Labute approximate surface area is 120 Å². The van der Waals surface area contributed by atoms with Crippen LogP contribution in [-0.2, 0) is 9.53 Å². The number of rotatable bonds is 6. The number of nitrogens with one attached hydrogen (secondary N) is 2. The van der Waals surface area contributed by atoms with E-state index in [2.05, 4.69) is 17.6 Å². The van der Waals surface area contributed by atoms with Crippen LogP contribution < -0.4 is 10.6 Å². The van der Waals surface area contributed by atoms with Crippen LogP contribution in [0.4, 0.5) is 5.69 Å². The molecular formula is C16H24N2O2. The molecule has 1 aromatic carbocycles. The Balaban J connectivity index is 2.04. The van der Waals surface area contributed by atoms with E-state index in [4.69, 9.17) is 4.74 Å². The van der Waals surface area contributed by atoms with Gasteiger partial charge in [0.2, 0.25) is 5.91 Å². The van der Waals surface area contributed by atoms with Crippen molar-refractivity contribution >= 4 is 11.6 Å². The van der Waals surface area contributed by atoms with Gasteiger partial charge in [0.15, 0.2) is 0 Å². The second kappa shape index (κ2) is 6.37. The summed E-state index contributed by atoms with van der Waals surface area (Å²) >= 11 is 0. The van der Waals surface area contributed by atoms with Crippen molar-refractivity contribution < 1.29 is 9.53 Å². The van der Waals surface area contributed by atoms with Crippen LogP contribution in [0.15, 0.2) is 24.3 Å². The molecule has 0 bridgehead atoms. The third-order valence-corrected chi connectivity index (χ3v) is 4.31. The number of amides is 1. The molecule has 0 heterocycles. The molecular weight excluding hydrogens is 252 g/mol. The zero-order valence-electron chi connectivity index (χ0n) is 12.5. The van der Waals surface area contributed by atoms with E-state index in [1.807, 2.05) is 31.3 Å². The molecule has 4 heteroatoms. The molecule has 1 atom stereocenters. The lowest BCUT2D eigenvalue weighted by atomic mass is 9.77. The van der Waals surface area contributed by atoms with Crippen LogP contribution in [0.5, 0.6) is 0 Å². The van der Waals surface area contributed by atoms with Crippen LogP contribution in [0.2, 0.25) is 0 Å². The van der Waals surface area contributed by atoms with E-state index in [9.17, 15) is 4.79 Å².